The van der Waals surface area contributed by atoms with Gasteiger partial charge >= 0.3 is 0 Å². The van der Waals surface area contributed by atoms with Gasteiger partial charge in [-0.25, -0.2) is 8.78 Å². The zero-order chi connectivity index (χ0) is 23.4. The van der Waals surface area contributed by atoms with Crippen LogP contribution >= 0.6 is 0 Å². The van der Waals surface area contributed by atoms with Gasteiger partial charge in [0.15, 0.2) is 0 Å². The van der Waals surface area contributed by atoms with Crippen LogP contribution in [-0.4, -0.2) is 36.9 Å². The maximum atomic E-state index is 15.0. The van der Waals surface area contributed by atoms with E-state index in [4.69, 9.17) is 0 Å². The van der Waals surface area contributed by atoms with Crippen LogP contribution in [0.15, 0.2) is 42.5 Å². The van der Waals surface area contributed by atoms with Crippen LogP contribution in [0.5, 0.6) is 0 Å². The molecule has 1 atom stereocenters. The number of halogens is 2. The third-order valence-electron chi connectivity index (χ3n) is 7.69. The van der Waals surface area contributed by atoms with Crippen molar-refractivity contribution in [1.29, 1.82) is 0 Å². The van der Waals surface area contributed by atoms with Crippen molar-refractivity contribution in [2.75, 3.05) is 31.1 Å². The van der Waals surface area contributed by atoms with Gasteiger partial charge < -0.3 is 4.90 Å². The Morgan fingerprint density at radius 3 is 2.18 bits per heavy atom. The normalized spacial score (nSPS) is 18.4. The minimum atomic E-state index is -0.243. The molecular formula is C28H36F2N2O. The van der Waals surface area contributed by atoms with Crippen molar-refractivity contribution in [2.24, 2.45) is 11.8 Å². The van der Waals surface area contributed by atoms with Crippen molar-refractivity contribution in [3.8, 4) is 0 Å². The van der Waals surface area contributed by atoms with Gasteiger partial charge in [-0.15, -0.1) is 0 Å². The fraction of sp³-hybridized carbons (Fsp3) is 0.536. The van der Waals surface area contributed by atoms with Crippen molar-refractivity contribution in [2.45, 2.75) is 58.4 Å². The van der Waals surface area contributed by atoms with E-state index in [0.717, 1.165) is 44.6 Å². The first-order chi connectivity index (χ1) is 16.0. The zero-order valence-electron chi connectivity index (χ0n) is 19.9. The van der Waals surface area contributed by atoms with Crippen molar-refractivity contribution >= 4 is 11.5 Å². The number of Topliss-reactive ketones (excluding diaryl/α,β-unsaturated/α-hetero) is 1. The Labute approximate surface area is 196 Å². The van der Waals surface area contributed by atoms with Gasteiger partial charge in [-0.2, -0.15) is 0 Å². The minimum absolute atomic E-state index is 0.0607. The molecule has 2 fully saturated rings. The quantitative estimate of drug-likeness (QED) is 0.452. The molecule has 1 heterocycles. The second-order valence-electron chi connectivity index (χ2n) is 9.65. The zero-order valence-corrected chi connectivity index (χ0v) is 19.9. The molecule has 178 valence electrons. The summed E-state index contributed by atoms with van der Waals surface area (Å²) in [5, 5.41) is 0. The van der Waals surface area contributed by atoms with Gasteiger partial charge in [0, 0.05) is 44.6 Å². The average molecular weight is 455 g/mol. The van der Waals surface area contributed by atoms with Gasteiger partial charge in [0.1, 0.15) is 17.4 Å². The van der Waals surface area contributed by atoms with Crippen molar-refractivity contribution in [3.63, 3.8) is 0 Å². The summed E-state index contributed by atoms with van der Waals surface area (Å²) in [6.45, 7) is 7.28. The highest BCUT2D eigenvalue weighted by molar-refractivity contribution is 5.83. The Morgan fingerprint density at radius 1 is 0.970 bits per heavy atom. The topological polar surface area (TPSA) is 23.6 Å². The molecule has 2 aromatic carbocycles. The molecule has 4 rings (SSSR count). The van der Waals surface area contributed by atoms with Gasteiger partial charge in [0.2, 0.25) is 0 Å². The number of anilines is 1. The molecule has 1 unspecified atom stereocenters. The molecule has 1 saturated carbocycles. The van der Waals surface area contributed by atoms with Gasteiger partial charge in [-0.3, -0.25) is 9.69 Å². The predicted molar refractivity (Wildman–Crippen MR) is 129 cm³/mol. The third kappa shape index (κ3) is 5.46. The van der Waals surface area contributed by atoms with E-state index in [0.29, 0.717) is 24.1 Å². The Morgan fingerprint density at radius 2 is 1.64 bits per heavy atom. The van der Waals surface area contributed by atoms with Crippen molar-refractivity contribution < 1.29 is 13.6 Å². The number of piperazine rings is 1. The molecule has 1 aliphatic heterocycles. The second kappa shape index (κ2) is 10.8. The fourth-order valence-corrected chi connectivity index (χ4v) is 5.44. The lowest BCUT2D eigenvalue weighted by molar-refractivity contribution is -0.122. The highest BCUT2D eigenvalue weighted by Crippen LogP contribution is 2.42. The molecule has 0 radical (unpaired) electrons. The first-order valence-electron chi connectivity index (χ1n) is 12.6. The lowest BCUT2D eigenvalue weighted by Crippen LogP contribution is -2.50. The van der Waals surface area contributed by atoms with E-state index >= 15 is 0 Å². The highest BCUT2D eigenvalue weighted by Gasteiger charge is 2.34. The SMILES string of the molecule is CCC(CC)C(=O)Cc1ccc(N2CCN(C(c3ccc(F)cc3)C3CCC3)CC2)c(F)c1. The summed E-state index contributed by atoms with van der Waals surface area (Å²) < 4.78 is 28.5. The molecule has 2 aromatic rings. The van der Waals surface area contributed by atoms with E-state index in [1.807, 2.05) is 38.1 Å². The molecule has 1 aliphatic carbocycles. The molecule has 0 amide bonds. The van der Waals surface area contributed by atoms with Gasteiger partial charge in [-0.1, -0.05) is 38.5 Å². The van der Waals surface area contributed by atoms with E-state index in [-0.39, 0.29) is 23.3 Å². The Kier molecular flexibility index (Phi) is 7.79. The predicted octanol–water partition coefficient (Wildman–Crippen LogP) is 6.18. The number of ketones is 1. The van der Waals surface area contributed by atoms with E-state index in [1.54, 1.807) is 12.1 Å². The molecule has 3 nitrogen and oxygen atoms in total. The monoisotopic (exact) mass is 454 g/mol. The summed E-state index contributed by atoms with van der Waals surface area (Å²) in [4.78, 5) is 17.0. The van der Waals surface area contributed by atoms with Crippen LogP contribution in [-0.2, 0) is 11.2 Å². The van der Waals surface area contributed by atoms with Gasteiger partial charge in [0.05, 0.1) is 5.69 Å². The Bertz CT molecular complexity index is 929. The average Bonchev–Trinajstić information content (AvgIpc) is 2.78. The van der Waals surface area contributed by atoms with Gasteiger partial charge in [-0.05, 0) is 67.0 Å². The molecule has 0 N–H and O–H groups in total. The molecular weight excluding hydrogens is 418 g/mol. The first-order valence-corrected chi connectivity index (χ1v) is 12.6. The summed E-state index contributed by atoms with van der Waals surface area (Å²) in [6.07, 6.45) is 5.67. The van der Waals surface area contributed by atoms with Crippen LogP contribution in [0.2, 0.25) is 0 Å². The second-order valence-corrected chi connectivity index (χ2v) is 9.65. The molecule has 0 bridgehead atoms. The standard InChI is InChI=1S/C28H36F2N2O/c1-3-21(4-2)27(33)19-20-8-13-26(25(30)18-20)31-14-16-32(17-15-31)28(22-6-5-7-22)23-9-11-24(29)12-10-23/h8-13,18,21-22,28H,3-7,14-17,19H2,1-2H3. The lowest BCUT2D eigenvalue weighted by Gasteiger charge is -2.45. The van der Waals surface area contributed by atoms with Crippen LogP contribution in [0.3, 0.4) is 0 Å². The van der Waals surface area contributed by atoms with E-state index in [9.17, 15) is 13.6 Å². The maximum Gasteiger partial charge on any atom is 0.146 e. The van der Waals surface area contributed by atoms with Crippen molar-refractivity contribution in [1.82, 2.24) is 4.90 Å². The van der Waals surface area contributed by atoms with Crippen LogP contribution in [0.4, 0.5) is 14.5 Å². The molecule has 0 spiro atoms. The summed E-state index contributed by atoms with van der Waals surface area (Å²) in [5.41, 5.74) is 2.57. The highest BCUT2D eigenvalue weighted by atomic mass is 19.1. The number of carbonyl (C=O) groups is 1. The number of hydrogen-bond donors (Lipinski definition) is 0. The van der Waals surface area contributed by atoms with Crippen LogP contribution < -0.4 is 4.90 Å². The summed E-state index contributed by atoms with van der Waals surface area (Å²) in [7, 11) is 0. The molecule has 2 aliphatic rings. The Hall–Kier alpha value is -2.27. The number of benzene rings is 2. The van der Waals surface area contributed by atoms with E-state index in [1.165, 1.54) is 30.9 Å². The summed E-state index contributed by atoms with van der Waals surface area (Å²) >= 11 is 0. The maximum absolute atomic E-state index is 15.0. The van der Waals surface area contributed by atoms with Crippen LogP contribution in [0.25, 0.3) is 0 Å². The summed E-state index contributed by atoms with van der Waals surface area (Å²) in [6, 6.07) is 12.6. The Balaban J connectivity index is 1.40. The number of hydrogen-bond acceptors (Lipinski definition) is 3. The molecule has 1 saturated heterocycles. The smallest absolute Gasteiger partial charge is 0.146 e. The largest absolute Gasteiger partial charge is 0.367 e. The van der Waals surface area contributed by atoms with E-state index in [2.05, 4.69) is 9.80 Å². The molecule has 33 heavy (non-hydrogen) atoms. The first kappa shape index (κ1) is 23.9. The fourth-order valence-electron chi connectivity index (χ4n) is 5.44. The molecule has 0 aromatic heterocycles. The van der Waals surface area contributed by atoms with Gasteiger partial charge in [0.25, 0.3) is 0 Å². The lowest BCUT2D eigenvalue weighted by atomic mass is 9.76. The van der Waals surface area contributed by atoms with Crippen LogP contribution in [0.1, 0.15) is 63.1 Å². The molecule has 5 heteroatoms. The number of carbonyl (C=O) groups excluding carboxylic acids is 1. The minimum Gasteiger partial charge on any atom is -0.367 e. The van der Waals surface area contributed by atoms with Crippen LogP contribution in [0, 0.1) is 23.5 Å². The van der Waals surface area contributed by atoms with Crippen molar-refractivity contribution in [3.05, 3.63) is 65.2 Å². The van der Waals surface area contributed by atoms with E-state index < -0.39 is 0 Å². The summed E-state index contributed by atoms with van der Waals surface area (Å²) in [5.74, 6) is 0.434. The third-order valence-corrected chi connectivity index (χ3v) is 7.69. The number of nitrogens with zero attached hydrogens (tertiary/aromatic N) is 2. The number of rotatable bonds is 9.